The molecule has 5 heteroatoms. The third-order valence-corrected chi connectivity index (χ3v) is 2.32. The highest BCUT2D eigenvalue weighted by Gasteiger charge is 2.31. The summed E-state index contributed by atoms with van der Waals surface area (Å²) in [7, 11) is 0. The van der Waals surface area contributed by atoms with Crippen molar-refractivity contribution in [3.63, 3.8) is 0 Å². The van der Waals surface area contributed by atoms with Gasteiger partial charge in [0.1, 0.15) is 0 Å². The third-order valence-electron chi connectivity index (χ3n) is 2.32. The molecule has 88 valence electrons. The molecule has 0 saturated heterocycles. The van der Waals surface area contributed by atoms with Crippen molar-refractivity contribution in [1.82, 2.24) is 10.2 Å². The van der Waals surface area contributed by atoms with E-state index < -0.39 is 0 Å². The Hall–Kier alpha value is -0.810. The first-order valence-corrected chi connectivity index (χ1v) is 5.52. The minimum absolute atomic E-state index is 0.0232. The number of aliphatic hydroxyl groups is 1. The fourth-order valence-electron chi connectivity index (χ4n) is 1.42. The summed E-state index contributed by atoms with van der Waals surface area (Å²) in [6, 6.07) is 0.246. The minimum Gasteiger partial charge on any atom is -0.395 e. The molecule has 2 amide bonds. The van der Waals surface area contributed by atoms with E-state index in [1.165, 1.54) is 0 Å². The van der Waals surface area contributed by atoms with Crippen LogP contribution in [-0.2, 0) is 4.74 Å². The van der Waals surface area contributed by atoms with Crippen LogP contribution in [0.1, 0.15) is 19.8 Å². The van der Waals surface area contributed by atoms with Crippen LogP contribution in [0, 0.1) is 0 Å². The highest BCUT2D eigenvalue weighted by Crippen LogP contribution is 2.26. The predicted octanol–water partition coefficient (Wildman–Crippen LogP) is 0.189. The van der Waals surface area contributed by atoms with E-state index in [9.17, 15) is 4.79 Å². The largest absolute Gasteiger partial charge is 0.395 e. The van der Waals surface area contributed by atoms with Gasteiger partial charge in [-0.15, -0.1) is 0 Å². The monoisotopic (exact) mass is 216 g/mol. The Bertz CT molecular complexity index is 195. The van der Waals surface area contributed by atoms with Crippen LogP contribution in [-0.4, -0.2) is 55.0 Å². The fourth-order valence-corrected chi connectivity index (χ4v) is 1.42. The van der Waals surface area contributed by atoms with Gasteiger partial charge in [-0.3, -0.25) is 0 Å². The van der Waals surface area contributed by atoms with Crippen LogP contribution in [0.2, 0.25) is 0 Å². The Balaban J connectivity index is 2.17. The Kier molecular flexibility index (Phi) is 5.42. The second kappa shape index (κ2) is 6.63. The number of ether oxygens (including phenoxy) is 1. The summed E-state index contributed by atoms with van der Waals surface area (Å²) in [5.41, 5.74) is 0. The van der Waals surface area contributed by atoms with Crippen molar-refractivity contribution in [2.24, 2.45) is 0 Å². The van der Waals surface area contributed by atoms with Gasteiger partial charge in [0, 0.05) is 25.7 Å². The maximum Gasteiger partial charge on any atom is 0.317 e. The lowest BCUT2D eigenvalue weighted by Gasteiger charge is -2.21. The van der Waals surface area contributed by atoms with Crippen molar-refractivity contribution in [2.45, 2.75) is 25.8 Å². The Morgan fingerprint density at radius 2 is 2.33 bits per heavy atom. The Morgan fingerprint density at radius 3 is 2.87 bits per heavy atom. The molecule has 0 aromatic heterocycles. The molecule has 0 radical (unpaired) electrons. The van der Waals surface area contributed by atoms with Crippen LogP contribution in [0.15, 0.2) is 0 Å². The normalized spacial score (nSPS) is 15.1. The highest BCUT2D eigenvalue weighted by atomic mass is 16.5. The molecule has 2 N–H and O–H groups in total. The van der Waals surface area contributed by atoms with Crippen LogP contribution in [0.4, 0.5) is 4.79 Å². The lowest BCUT2D eigenvalue weighted by atomic mass is 10.5. The zero-order valence-electron chi connectivity index (χ0n) is 9.24. The molecule has 0 unspecified atom stereocenters. The lowest BCUT2D eigenvalue weighted by Crippen LogP contribution is -2.43. The Labute approximate surface area is 90.4 Å². The summed E-state index contributed by atoms with van der Waals surface area (Å²) in [5.74, 6) is 0. The van der Waals surface area contributed by atoms with Crippen LogP contribution >= 0.6 is 0 Å². The summed E-state index contributed by atoms with van der Waals surface area (Å²) in [6.45, 7) is 4.10. The molecule has 0 aromatic carbocycles. The molecule has 1 fully saturated rings. The third kappa shape index (κ3) is 4.48. The standard InChI is InChI=1S/C10H20N2O3/c1-2-15-8-5-11-10(14)12(6-7-13)9-3-4-9/h9,13H,2-8H2,1H3,(H,11,14). The van der Waals surface area contributed by atoms with Gasteiger partial charge in [0.15, 0.2) is 0 Å². The topological polar surface area (TPSA) is 61.8 Å². The van der Waals surface area contributed by atoms with Gasteiger partial charge >= 0.3 is 6.03 Å². The van der Waals surface area contributed by atoms with E-state index in [4.69, 9.17) is 9.84 Å². The summed E-state index contributed by atoms with van der Waals surface area (Å²) >= 11 is 0. The Morgan fingerprint density at radius 1 is 1.60 bits per heavy atom. The van der Waals surface area contributed by atoms with Gasteiger partial charge < -0.3 is 20.1 Å². The van der Waals surface area contributed by atoms with Gasteiger partial charge in [-0.05, 0) is 19.8 Å². The van der Waals surface area contributed by atoms with Gasteiger partial charge in [-0.2, -0.15) is 0 Å². The van der Waals surface area contributed by atoms with Crippen LogP contribution < -0.4 is 5.32 Å². The molecule has 0 atom stereocenters. The molecular formula is C10H20N2O3. The van der Waals surface area contributed by atoms with Gasteiger partial charge in [0.2, 0.25) is 0 Å². The molecule has 0 heterocycles. The van der Waals surface area contributed by atoms with Gasteiger partial charge in [0.05, 0.1) is 13.2 Å². The number of aliphatic hydroxyl groups excluding tert-OH is 1. The average molecular weight is 216 g/mol. The molecule has 0 bridgehead atoms. The fraction of sp³-hybridized carbons (Fsp3) is 0.900. The van der Waals surface area contributed by atoms with Crippen molar-refractivity contribution < 1.29 is 14.6 Å². The van der Waals surface area contributed by atoms with Crippen molar-refractivity contribution >= 4 is 6.03 Å². The quantitative estimate of drug-likeness (QED) is 0.597. The van der Waals surface area contributed by atoms with E-state index in [0.29, 0.717) is 32.3 Å². The summed E-state index contributed by atoms with van der Waals surface area (Å²) in [5, 5.41) is 11.6. The molecule has 15 heavy (non-hydrogen) atoms. The number of rotatable bonds is 7. The number of urea groups is 1. The van der Waals surface area contributed by atoms with Crippen molar-refractivity contribution in [1.29, 1.82) is 0 Å². The number of nitrogens with zero attached hydrogens (tertiary/aromatic N) is 1. The van der Waals surface area contributed by atoms with Gasteiger partial charge in [-0.25, -0.2) is 4.79 Å². The molecule has 0 aromatic rings. The van der Waals surface area contributed by atoms with E-state index in [0.717, 1.165) is 12.8 Å². The number of amides is 2. The van der Waals surface area contributed by atoms with Crippen LogP contribution in [0.3, 0.4) is 0 Å². The second-order valence-electron chi connectivity index (χ2n) is 3.58. The highest BCUT2D eigenvalue weighted by molar-refractivity contribution is 5.74. The molecule has 0 spiro atoms. The van der Waals surface area contributed by atoms with Gasteiger partial charge in [-0.1, -0.05) is 0 Å². The average Bonchev–Trinajstić information content (AvgIpc) is 3.04. The molecule has 1 aliphatic rings. The zero-order chi connectivity index (χ0) is 11.1. The number of carbonyl (C=O) groups is 1. The first-order chi connectivity index (χ1) is 7.29. The number of carbonyl (C=O) groups excluding carboxylic acids is 1. The van der Waals surface area contributed by atoms with E-state index in [-0.39, 0.29) is 12.6 Å². The number of hydrogen-bond acceptors (Lipinski definition) is 3. The maximum absolute atomic E-state index is 11.6. The minimum atomic E-state index is -0.0914. The smallest absolute Gasteiger partial charge is 0.317 e. The zero-order valence-corrected chi connectivity index (χ0v) is 9.24. The summed E-state index contributed by atoms with van der Waals surface area (Å²) in [4.78, 5) is 13.3. The van der Waals surface area contributed by atoms with Crippen LogP contribution in [0.25, 0.3) is 0 Å². The molecule has 0 aliphatic heterocycles. The first-order valence-electron chi connectivity index (χ1n) is 5.52. The SMILES string of the molecule is CCOCCNC(=O)N(CCO)C1CC1. The summed E-state index contributed by atoms with van der Waals surface area (Å²) in [6.07, 6.45) is 2.11. The maximum atomic E-state index is 11.6. The van der Waals surface area contributed by atoms with Crippen molar-refractivity contribution in [3.8, 4) is 0 Å². The molecule has 1 rings (SSSR count). The lowest BCUT2D eigenvalue weighted by molar-refractivity contribution is 0.142. The number of nitrogens with one attached hydrogen (secondary N) is 1. The molecule has 1 aliphatic carbocycles. The van der Waals surface area contributed by atoms with E-state index in [2.05, 4.69) is 5.32 Å². The van der Waals surface area contributed by atoms with Crippen LogP contribution in [0.5, 0.6) is 0 Å². The number of hydrogen-bond donors (Lipinski definition) is 2. The predicted molar refractivity (Wildman–Crippen MR) is 56.7 cm³/mol. The van der Waals surface area contributed by atoms with E-state index >= 15 is 0 Å². The molecule has 1 saturated carbocycles. The molecular weight excluding hydrogens is 196 g/mol. The van der Waals surface area contributed by atoms with E-state index in [1.54, 1.807) is 4.90 Å². The first kappa shape index (κ1) is 12.3. The summed E-state index contributed by atoms with van der Waals surface area (Å²) < 4.78 is 5.12. The van der Waals surface area contributed by atoms with Crippen molar-refractivity contribution in [3.05, 3.63) is 0 Å². The van der Waals surface area contributed by atoms with Crippen molar-refractivity contribution in [2.75, 3.05) is 32.9 Å². The van der Waals surface area contributed by atoms with Gasteiger partial charge in [0.25, 0.3) is 0 Å². The van der Waals surface area contributed by atoms with E-state index in [1.807, 2.05) is 6.92 Å². The molecule has 5 nitrogen and oxygen atoms in total. The second-order valence-corrected chi connectivity index (χ2v) is 3.58.